The molecule has 8 nitrogen and oxygen atoms in total. The maximum absolute atomic E-state index is 13.1. The van der Waals surface area contributed by atoms with Crippen molar-refractivity contribution in [2.24, 2.45) is 0 Å². The van der Waals surface area contributed by atoms with Gasteiger partial charge in [-0.15, -0.1) is 0 Å². The van der Waals surface area contributed by atoms with Crippen LogP contribution in [0.4, 0.5) is 11.4 Å². The number of hydrogen-bond acceptors (Lipinski definition) is 5. The van der Waals surface area contributed by atoms with Crippen LogP contribution in [-0.4, -0.2) is 52.9 Å². The fraction of sp³-hybridized carbons (Fsp3) is 0.409. The van der Waals surface area contributed by atoms with Gasteiger partial charge in [0, 0.05) is 18.8 Å². The highest BCUT2D eigenvalue weighted by Crippen LogP contribution is 2.26. The lowest BCUT2D eigenvalue weighted by molar-refractivity contribution is -0.114. The average molecular weight is 480 g/mol. The van der Waals surface area contributed by atoms with E-state index in [0.717, 1.165) is 35.4 Å². The molecule has 2 aromatic carbocycles. The van der Waals surface area contributed by atoms with Gasteiger partial charge in [-0.3, -0.25) is 9.10 Å². The molecule has 0 aliphatic carbocycles. The van der Waals surface area contributed by atoms with Crippen molar-refractivity contribution in [2.75, 3.05) is 35.5 Å². The summed E-state index contributed by atoms with van der Waals surface area (Å²) in [7, 11) is -7.38. The summed E-state index contributed by atoms with van der Waals surface area (Å²) in [5.41, 5.74) is 2.03. The number of sulfonamides is 2. The number of rotatable bonds is 7. The molecule has 0 unspecified atom stereocenters. The van der Waals surface area contributed by atoms with Gasteiger partial charge >= 0.3 is 0 Å². The molecule has 10 heteroatoms. The van der Waals surface area contributed by atoms with E-state index in [2.05, 4.69) is 5.32 Å². The van der Waals surface area contributed by atoms with Crippen LogP contribution in [0.25, 0.3) is 0 Å². The summed E-state index contributed by atoms with van der Waals surface area (Å²) in [5, 5.41) is 2.65. The summed E-state index contributed by atoms with van der Waals surface area (Å²) in [6.07, 6.45) is 3.71. The fourth-order valence-corrected chi connectivity index (χ4v) is 6.44. The first kappa shape index (κ1) is 24.2. The number of benzene rings is 2. The molecule has 0 aromatic heterocycles. The Bertz CT molecular complexity index is 1200. The number of carbonyl (C=O) groups excluding carboxylic acids is 1. The first-order chi connectivity index (χ1) is 15.0. The topological polar surface area (TPSA) is 104 Å². The Labute approximate surface area is 190 Å². The van der Waals surface area contributed by atoms with Crippen molar-refractivity contribution in [1.29, 1.82) is 0 Å². The molecule has 174 valence electrons. The van der Waals surface area contributed by atoms with Gasteiger partial charge in [0.25, 0.3) is 0 Å². The zero-order valence-electron chi connectivity index (χ0n) is 18.5. The van der Waals surface area contributed by atoms with E-state index < -0.39 is 32.5 Å². The molecule has 1 aliphatic rings. The molecule has 0 atom stereocenters. The summed E-state index contributed by atoms with van der Waals surface area (Å²) in [6.45, 7) is 4.02. The Balaban J connectivity index is 1.83. The van der Waals surface area contributed by atoms with Crippen molar-refractivity contribution in [3.05, 3.63) is 53.6 Å². The molecule has 3 rings (SSSR count). The predicted octanol–water partition coefficient (Wildman–Crippen LogP) is 2.88. The van der Waals surface area contributed by atoms with Crippen molar-refractivity contribution >= 4 is 37.3 Å². The molecular formula is C22H29N3O5S2. The Morgan fingerprint density at radius 2 is 1.62 bits per heavy atom. The number of nitrogens with zero attached hydrogens (tertiary/aromatic N) is 2. The van der Waals surface area contributed by atoms with Crippen LogP contribution in [0.3, 0.4) is 0 Å². The van der Waals surface area contributed by atoms with Crippen molar-refractivity contribution in [2.45, 2.75) is 38.0 Å². The quantitative estimate of drug-likeness (QED) is 0.658. The number of nitrogens with one attached hydrogen (secondary N) is 1. The van der Waals surface area contributed by atoms with Crippen molar-refractivity contribution in [1.82, 2.24) is 4.31 Å². The van der Waals surface area contributed by atoms with E-state index >= 15 is 0 Å². The largest absolute Gasteiger partial charge is 0.324 e. The minimum atomic E-state index is -3.71. The summed E-state index contributed by atoms with van der Waals surface area (Å²) < 4.78 is 53.4. The second-order valence-corrected chi connectivity index (χ2v) is 11.9. The third-order valence-corrected chi connectivity index (χ3v) is 8.64. The van der Waals surface area contributed by atoms with Gasteiger partial charge in [0.2, 0.25) is 26.0 Å². The van der Waals surface area contributed by atoms with Gasteiger partial charge in [0.1, 0.15) is 6.54 Å². The highest BCUT2D eigenvalue weighted by atomic mass is 32.2. The molecule has 1 aliphatic heterocycles. The van der Waals surface area contributed by atoms with Crippen LogP contribution in [0.2, 0.25) is 0 Å². The summed E-state index contributed by atoms with van der Waals surface area (Å²) in [5.74, 6) is -0.566. The lowest BCUT2D eigenvalue weighted by atomic mass is 10.2. The van der Waals surface area contributed by atoms with E-state index in [1.54, 1.807) is 50.2 Å². The van der Waals surface area contributed by atoms with Crippen LogP contribution in [0.5, 0.6) is 0 Å². The number of anilines is 2. The maximum atomic E-state index is 13.1. The number of hydrogen-bond donors (Lipinski definition) is 1. The molecule has 0 bridgehead atoms. The van der Waals surface area contributed by atoms with Crippen LogP contribution in [0.15, 0.2) is 47.4 Å². The normalized spacial score (nSPS) is 15.3. The van der Waals surface area contributed by atoms with Gasteiger partial charge < -0.3 is 5.32 Å². The van der Waals surface area contributed by atoms with Gasteiger partial charge in [-0.05, 0) is 56.0 Å². The van der Waals surface area contributed by atoms with Crippen LogP contribution >= 0.6 is 0 Å². The molecule has 0 radical (unpaired) electrons. The van der Waals surface area contributed by atoms with Crippen LogP contribution in [-0.2, 0) is 24.8 Å². The maximum Gasteiger partial charge on any atom is 0.245 e. The van der Waals surface area contributed by atoms with Crippen LogP contribution in [0.1, 0.15) is 30.4 Å². The predicted molar refractivity (Wildman–Crippen MR) is 126 cm³/mol. The minimum absolute atomic E-state index is 0.149. The molecule has 2 aromatic rings. The fourth-order valence-electron chi connectivity index (χ4n) is 3.76. The highest BCUT2D eigenvalue weighted by molar-refractivity contribution is 7.92. The van der Waals surface area contributed by atoms with E-state index in [1.165, 1.54) is 10.4 Å². The highest BCUT2D eigenvalue weighted by Gasteiger charge is 2.28. The average Bonchev–Trinajstić information content (AvgIpc) is 2.74. The zero-order valence-corrected chi connectivity index (χ0v) is 20.2. The third-order valence-electron chi connectivity index (χ3n) is 5.48. The van der Waals surface area contributed by atoms with Crippen molar-refractivity contribution in [3.8, 4) is 0 Å². The van der Waals surface area contributed by atoms with Gasteiger partial charge in [0.15, 0.2) is 0 Å². The zero-order chi connectivity index (χ0) is 23.5. The van der Waals surface area contributed by atoms with Crippen LogP contribution in [0, 0.1) is 13.8 Å². The van der Waals surface area contributed by atoms with E-state index in [-0.39, 0.29) is 4.90 Å². The van der Waals surface area contributed by atoms with E-state index in [1.807, 2.05) is 0 Å². The lowest BCUT2D eigenvalue weighted by Crippen LogP contribution is -2.38. The molecule has 0 spiro atoms. The molecule has 1 saturated heterocycles. The minimum Gasteiger partial charge on any atom is -0.324 e. The smallest absolute Gasteiger partial charge is 0.245 e. The molecule has 1 heterocycles. The molecule has 1 amide bonds. The standard InChI is InChI=1S/C22H29N3O5S2/c1-17-9-5-6-10-20(17)25(31(3,27)28)16-22(26)23-19-12-11-18(2)21(15-19)32(29,30)24-13-7-4-8-14-24/h5-6,9-12,15H,4,7-8,13-14,16H2,1-3H3,(H,23,26). The summed E-state index contributed by atoms with van der Waals surface area (Å²) in [6, 6.07) is 11.6. The molecule has 1 fully saturated rings. The first-order valence-corrected chi connectivity index (χ1v) is 13.7. The molecule has 32 heavy (non-hydrogen) atoms. The summed E-state index contributed by atoms with van der Waals surface area (Å²) in [4.78, 5) is 12.9. The second kappa shape index (κ2) is 9.60. The van der Waals surface area contributed by atoms with Crippen molar-refractivity contribution in [3.63, 3.8) is 0 Å². The Morgan fingerprint density at radius 1 is 0.969 bits per heavy atom. The Kier molecular flexibility index (Phi) is 7.26. The van der Waals surface area contributed by atoms with Gasteiger partial charge in [-0.25, -0.2) is 16.8 Å². The number of para-hydroxylation sites is 1. The monoisotopic (exact) mass is 479 g/mol. The number of amides is 1. The van der Waals surface area contributed by atoms with Gasteiger partial charge in [-0.2, -0.15) is 4.31 Å². The van der Waals surface area contributed by atoms with E-state index in [9.17, 15) is 21.6 Å². The van der Waals surface area contributed by atoms with Gasteiger partial charge in [-0.1, -0.05) is 30.7 Å². The molecule has 0 saturated carbocycles. The molecule has 1 N–H and O–H groups in total. The Morgan fingerprint density at radius 3 is 2.25 bits per heavy atom. The van der Waals surface area contributed by atoms with Crippen molar-refractivity contribution < 1.29 is 21.6 Å². The number of piperidine rings is 1. The van der Waals surface area contributed by atoms with Gasteiger partial charge in [0.05, 0.1) is 16.8 Å². The number of carbonyl (C=O) groups is 1. The SMILES string of the molecule is Cc1ccccc1N(CC(=O)Nc1ccc(C)c(S(=O)(=O)N2CCCCC2)c1)S(C)(=O)=O. The third kappa shape index (κ3) is 5.48. The Hall–Kier alpha value is -2.43. The summed E-state index contributed by atoms with van der Waals surface area (Å²) >= 11 is 0. The molecular weight excluding hydrogens is 450 g/mol. The van der Waals surface area contributed by atoms with Crippen LogP contribution < -0.4 is 9.62 Å². The lowest BCUT2D eigenvalue weighted by Gasteiger charge is -2.27. The van der Waals surface area contributed by atoms with E-state index in [4.69, 9.17) is 0 Å². The first-order valence-electron chi connectivity index (χ1n) is 10.4. The number of aryl methyl sites for hydroxylation is 2. The second-order valence-electron chi connectivity index (χ2n) is 8.05. The van der Waals surface area contributed by atoms with E-state index in [0.29, 0.717) is 30.0 Å².